The maximum Gasteiger partial charge on any atom is 0.331 e. The summed E-state index contributed by atoms with van der Waals surface area (Å²) < 4.78 is 18.1. The molecule has 15 heteroatoms. The molecule has 0 radical (unpaired) electrons. The molecule has 1 aromatic heterocycles. The summed E-state index contributed by atoms with van der Waals surface area (Å²) in [5.74, 6) is -1.47. The lowest BCUT2D eigenvalue weighted by Crippen LogP contribution is -2.01. The Hall–Kier alpha value is -8.85. The number of aliphatic imine (C=N–C) groups is 3. The number of carbonyl (C=O) groups is 3. The molecule has 0 aliphatic carbocycles. The average Bonchev–Trinajstić information content (AvgIpc) is 3.26. The summed E-state index contributed by atoms with van der Waals surface area (Å²) in [5.41, 5.74) is 6.41. The van der Waals surface area contributed by atoms with E-state index in [4.69, 9.17) is 29.5 Å². The van der Waals surface area contributed by atoms with Gasteiger partial charge in [-0.2, -0.15) is 0 Å². The third-order valence-electron chi connectivity index (χ3n) is 8.80. The Morgan fingerprint density at radius 2 is 0.619 bits per heavy atom. The Bertz CT molecular complexity index is 2460. The molecule has 0 bridgehead atoms. The molecule has 3 N–H and O–H groups in total. The molecular weight excluding hydrogens is 805 g/mol. The van der Waals surface area contributed by atoms with Crippen LogP contribution < -0.4 is 14.2 Å². The van der Waals surface area contributed by atoms with Crippen LogP contribution in [-0.2, 0) is 33.6 Å². The molecular formula is C48H36N6O9. The molecule has 15 nitrogen and oxygen atoms in total. The van der Waals surface area contributed by atoms with Gasteiger partial charge in [0.25, 0.3) is 0 Å². The third kappa shape index (κ3) is 13.3. The molecule has 0 amide bonds. The van der Waals surface area contributed by atoms with Gasteiger partial charge in [-0.1, -0.05) is 36.4 Å². The zero-order valence-electron chi connectivity index (χ0n) is 33.2. The molecule has 0 aliphatic rings. The molecule has 6 aromatic carbocycles. The van der Waals surface area contributed by atoms with Crippen LogP contribution in [0.1, 0.15) is 33.4 Å². The number of nitrogens with zero attached hydrogens (tertiary/aromatic N) is 6. The van der Waals surface area contributed by atoms with Gasteiger partial charge in [0.2, 0.25) is 0 Å². The van der Waals surface area contributed by atoms with E-state index in [0.717, 1.165) is 16.7 Å². The van der Waals surface area contributed by atoms with Crippen molar-refractivity contribution < 1.29 is 43.9 Å². The summed E-state index contributed by atoms with van der Waals surface area (Å²) in [6.07, 6.45) is 4.84. The minimum Gasteiger partial charge on any atom is -0.481 e. The standard InChI is InChI=1S/C48H36N6O9/c55-43(56)25-31-1-13-37(14-2-31)49-28-34-7-19-40(20-8-34)61-46-52-47(62-41-21-9-35(10-22-41)29-50-38-15-3-32(4-16-38)26-44(57)58)54-48(53-46)63-42-23-11-36(12-24-42)30-51-39-17-5-33(6-18-39)27-45(59)60/h1-24,28-30H,25-27H2,(H,55,56)(H,57,58)(H,59,60). The van der Waals surface area contributed by atoms with Gasteiger partial charge in [0.15, 0.2) is 0 Å². The molecule has 0 unspecified atom stereocenters. The van der Waals surface area contributed by atoms with Crippen LogP contribution >= 0.6 is 0 Å². The topological polar surface area (TPSA) is 215 Å². The Morgan fingerprint density at radius 1 is 0.381 bits per heavy atom. The fourth-order valence-corrected chi connectivity index (χ4v) is 5.71. The highest BCUT2D eigenvalue weighted by Gasteiger charge is 2.14. The van der Waals surface area contributed by atoms with Crippen LogP contribution in [0, 0.1) is 0 Å². The molecule has 0 aliphatic heterocycles. The minimum absolute atomic E-state index is 0.0602. The largest absolute Gasteiger partial charge is 0.481 e. The summed E-state index contributed by atoms with van der Waals surface area (Å²) in [7, 11) is 0. The quantitative estimate of drug-likeness (QED) is 0.0689. The molecule has 7 aromatic rings. The number of aliphatic carboxylic acids is 3. The third-order valence-corrected chi connectivity index (χ3v) is 8.80. The van der Waals surface area contributed by atoms with Crippen LogP contribution in [0.25, 0.3) is 0 Å². The van der Waals surface area contributed by atoms with Crippen LogP contribution in [0.2, 0.25) is 0 Å². The molecule has 7 rings (SSSR count). The van der Waals surface area contributed by atoms with Crippen molar-refractivity contribution in [1.82, 2.24) is 15.0 Å². The highest BCUT2D eigenvalue weighted by atomic mass is 16.5. The van der Waals surface area contributed by atoms with E-state index in [1.807, 2.05) is 0 Å². The number of rotatable bonds is 18. The lowest BCUT2D eigenvalue weighted by atomic mass is 10.1. The average molecular weight is 841 g/mol. The van der Waals surface area contributed by atoms with Crippen LogP contribution in [0.15, 0.2) is 161 Å². The molecule has 0 atom stereocenters. The molecule has 0 saturated heterocycles. The molecule has 0 saturated carbocycles. The summed E-state index contributed by atoms with van der Waals surface area (Å²) in [6, 6.07) is 41.7. The molecule has 312 valence electrons. The maximum atomic E-state index is 11.0. The fraction of sp³-hybridized carbons (Fsp3) is 0.0625. The van der Waals surface area contributed by atoms with Gasteiger partial charge in [0.05, 0.1) is 36.3 Å². The van der Waals surface area contributed by atoms with Gasteiger partial charge < -0.3 is 29.5 Å². The van der Waals surface area contributed by atoms with Gasteiger partial charge in [-0.05, 0) is 143 Å². The van der Waals surface area contributed by atoms with Crippen molar-refractivity contribution in [3.8, 4) is 35.3 Å². The van der Waals surface area contributed by atoms with Crippen molar-refractivity contribution in [3.05, 3.63) is 179 Å². The molecule has 0 spiro atoms. The lowest BCUT2D eigenvalue weighted by molar-refractivity contribution is -0.137. The van der Waals surface area contributed by atoms with E-state index < -0.39 is 17.9 Å². The number of hydrogen-bond acceptors (Lipinski definition) is 12. The van der Waals surface area contributed by atoms with Crippen molar-refractivity contribution in [2.24, 2.45) is 15.0 Å². The highest BCUT2D eigenvalue weighted by Crippen LogP contribution is 2.28. The fourth-order valence-electron chi connectivity index (χ4n) is 5.71. The number of aromatic nitrogens is 3. The number of benzene rings is 6. The smallest absolute Gasteiger partial charge is 0.331 e. The van der Waals surface area contributed by atoms with E-state index in [1.54, 1.807) is 164 Å². The minimum atomic E-state index is -0.900. The van der Waals surface area contributed by atoms with Crippen molar-refractivity contribution in [2.75, 3.05) is 0 Å². The first-order valence-electron chi connectivity index (χ1n) is 19.2. The van der Waals surface area contributed by atoms with E-state index in [2.05, 4.69) is 29.9 Å². The van der Waals surface area contributed by atoms with Gasteiger partial charge in [-0.3, -0.25) is 29.4 Å². The first-order chi connectivity index (χ1) is 30.6. The zero-order chi connectivity index (χ0) is 44.0. The maximum absolute atomic E-state index is 11.0. The Kier molecular flexibility index (Phi) is 13.7. The predicted octanol–water partition coefficient (Wildman–Crippen LogP) is 9.38. The zero-order valence-corrected chi connectivity index (χ0v) is 33.2. The SMILES string of the molecule is O=C(O)Cc1ccc(N=Cc2ccc(Oc3nc(Oc4ccc(C=Nc5ccc(CC(=O)O)cc5)cc4)nc(Oc4ccc(C=Nc5ccc(CC(=O)O)cc5)cc4)n3)cc2)cc1. The second-order valence-corrected chi connectivity index (χ2v) is 13.7. The molecule has 0 fully saturated rings. The summed E-state index contributed by atoms with van der Waals surface area (Å²) in [6.45, 7) is 0. The van der Waals surface area contributed by atoms with Crippen molar-refractivity contribution in [2.45, 2.75) is 19.3 Å². The predicted molar refractivity (Wildman–Crippen MR) is 234 cm³/mol. The Morgan fingerprint density at radius 3 is 0.841 bits per heavy atom. The van der Waals surface area contributed by atoms with Gasteiger partial charge >= 0.3 is 35.9 Å². The first-order valence-corrected chi connectivity index (χ1v) is 19.2. The van der Waals surface area contributed by atoms with Crippen LogP contribution in [0.5, 0.6) is 35.3 Å². The van der Waals surface area contributed by atoms with Gasteiger partial charge in [0, 0.05) is 18.6 Å². The van der Waals surface area contributed by atoms with E-state index in [-0.39, 0.29) is 37.3 Å². The number of carboxylic acids is 3. The first kappa shape index (κ1) is 42.3. The Labute approximate surface area is 360 Å². The van der Waals surface area contributed by atoms with Crippen molar-refractivity contribution in [3.63, 3.8) is 0 Å². The number of ether oxygens (including phenoxy) is 3. The van der Waals surface area contributed by atoms with Gasteiger partial charge in [0.1, 0.15) is 17.2 Å². The summed E-state index contributed by atoms with van der Waals surface area (Å²) in [5, 5.41) is 27.0. The highest BCUT2D eigenvalue weighted by molar-refractivity contribution is 5.83. The normalized spacial score (nSPS) is 11.2. The lowest BCUT2D eigenvalue weighted by Gasteiger charge is -2.10. The summed E-state index contributed by atoms with van der Waals surface area (Å²) >= 11 is 0. The van der Waals surface area contributed by atoms with Gasteiger partial charge in [-0.15, -0.1) is 15.0 Å². The Balaban J connectivity index is 1.05. The second-order valence-electron chi connectivity index (χ2n) is 13.7. The number of hydrogen-bond donors (Lipinski definition) is 3. The van der Waals surface area contributed by atoms with Gasteiger partial charge in [-0.25, -0.2) is 0 Å². The van der Waals surface area contributed by atoms with Crippen LogP contribution in [0.4, 0.5) is 17.1 Å². The van der Waals surface area contributed by atoms with Crippen LogP contribution in [-0.4, -0.2) is 66.8 Å². The van der Waals surface area contributed by atoms with E-state index in [9.17, 15) is 14.4 Å². The molecule has 63 heavy (non-hydrogen) atoms. The second kappa shape index (κ2) is 20.4. The van der Waals surface area contributed by atoms with Crippen molar-refractivity contribution >= 4 is 53.6 Å². The summed E-state index contributed by atoms with van der Waals surface area (Å²) in [4.78, 5) is 59.5. The van der Waals surface area contributed by atoms with E-state index >= 15 is 0 Å². The van der Waals surface area contributed by atoms with Crippen molar-refractivity contribution in [1.29, 1.82) is 0 Å². The van der Waals surface area contributed by atoms with Crippen LogP contribution in [0.3, 0.4) is 0 Å². The molecule has 1 heterocycles. The van der Waals surface area contributed by atoms with E-state index in [0.29, 0.717) is 51.0 Å². The monoisotopic (exact) mass is 840 g/mol. The number of carboxylic acid groups (broad SMARTS) is 3. The van der Waals surface area contributed by atoms with E-state index in [1.165, 1.54) is 0 Å².